The maximum atomic E-state index is 8.81. The number of aryl methyl sites for hydroxylation is 1. The van der Waals surface area contributed by atoms with Gasteiger partial charge in [-0.3, -0.25) is 4.68 Å². The lowest BCUT2D eigenvalue weighted by atomic mass is 10.1. The number of hydrogen-bond donors (Lipinski definition) is 0. The van der Waals surface area contributed by atoms with Crippen molar-refractivity contribution in [2.45, 2.75) is 18.9 Å². The van der Waals surface area contributed by atoms with Gasteiger partial charge in [-0.15, -0.1) is 0 Å². The molecule has 0 N–H and O–H groups in total. The number of rotatable bonds is 2. The minimum atomic E-state index is 0.342. The third-order valence-electron chi connectivity index (χ3n) is 3.53. The maximum absolute atomic E-state index is 8.81. The number of nitrogens with zero attached hydrogens (tertiary/aromatic N) is 5. The van der Waals surface area contributed by atoms with E-state index >= 15 is 0 Å². The molecule has 2 aromatic heterocycles. The second kappa shape index (κ2) is 4.73. The predicted molar refractivity (Wildman–Crippen MR) is 71.5 cm³/mol. The zero-order valence-corrected chi connectivity index (χ0v) is 10.8. The molecule has 0 spiro atoms. The number of nitriles is 1. The molecule has 0 amide bonds. The van der Waals surface area contributed by atoms with Gasteiger partial charge in [0, 0.05) is 31.5 Å². The molecule has 3 heterocycles. The van der Waals surface area contributed by atoms with Crippen LogP contribution in [0, 0.1) is 11.3 Å². The molecule has 0 bridgehead atoms. The molecule has 1 aliphatic rings. The molecule has 96 valence electrons. The van der Waals surface area contributed by atoms with Crippen molar-refractivity contribution in [2.75, 3.05) is 11.4 Å². The van der Waals surface area contributed by atoms with E-state index in [0.29, 0.717) is 11.6 Å². The quantitative estimate of drug-likeness (QED) is 0.821. The first-order chi connectivity index (χ1) is 9.28. The van der Waals surface area contributed by atoms with Gasteiger partial charge < -0.3 is 4.90 Å². The minimum Gasteiger partial charge on any atom is -0.349 e. The SMILES string of the molecule is Cn1cc(C2CCCN2c2ccc(C#N)cn2)cn1. The number of aromatic nitrogens is 3. The van der Waals surface area contributed by atoms with E-state index in [4.69, 9.17) is 5.26 Å². The first-order valence-corrected chi connectivity index (χ1v) is 6.39. The molecule has 0 saturated carbocycles. The highest BCUT2D eigenvalue weighted by molar-refractivity contribution is 5.45. The van der Waals surface area contributed by atoms with Crippen molar-refractivity contribution in [1.82, 2.24) is 14.8 Å². The van der Waals surface area contributed by atoms with Crippen LogP contribution < -0.4 is 4.90 Å². The predicted octanol–water partition coefficient (Wildman–Crippen LogP) is 2.03. The van der Waals surface area contributed by atoms with Gasteiger partial charge >= 0.3 is 0 Å². The molecule has 0 aliphatic carbocycles. The summed E-state index contributed by atoms with van der Waals surface area (Å²) in [7, 11) is 1.93. The normalized spacial score (nSPS) is 18.5. The molecule has 2 aromatic rings. The van der Waals surface area contributed by atoms with Crippen molar-refractivity contribution >= 4 is 5.82 Å². The highest BCUT2D eigenvalue weighted by Gasteiger charge is 2.27. The Morgan fingerprint density at radius 3 is 2.89 bits per heavy atom. The zero-order chi connectivity index (χ0) is 13.2. The van der Waals surface area contributed by atoms with Crippen LogP contribution in [-0.4, -0.2) is 21.3 Å². The summed E-state index contributed by atoms with van der Waals surface area (Å²) in [5.41, 5.74) is 1.83. The molecule has 1 atom stereocenters. The first-order valence-electron chi connectivity index (χ1n) is 6.39. The third kappa shape index (κ3) is 2.17. The monoisotopic (exact) mass is 253 g/mol. The van der Waals surface area contributed by atoms with Crippen LogP contribution in [0.15, 0.2) is 30.7 Å². The van der Waals surface area contributed by atoms with Crippen LogP contribution in [0.1, 0.15) is 30.0 Å². The molecule has 1 unspecified atom stereocenters. The summed E-state index contributed by atoms with van der Waals surface area (Å²) in [6.45, 7) is 0.998. The topological polar surface area (TPSA) is 57.7 Å². The molecule has 1 aliphatic heterocycles. The minimum absolute atomic E-state index is 0.342. The van der Waals surface area contributed by atoms with E-state index in [0.717, 1.165) is 25.2 Å². The molecular formula is C14H15N5. The van der Waals surface area contributed by atoms with E-state index in [1.165, 1.54) is 5.56 Å². The third-order valence-corrected chi connectivity index (χ3v) is 3.53. The van der Waals surface area contributed by atoms with Crippen LogP contribution in [0.5, 0.6) is 0 Å². The van der Waals surface area contributed by atoms with Crippen LogP contribution in [0.3, 0.4) is 0 Å². The fraction of sp³-hybridized carbons (Fsp3) is 0.357. The molecule has 3 rings (SSSR count). The van der Waals surface area contributed by atoms with E-state index in [2.05, 4.69) is 27.2 Å². The highest BCUT2D eigenvalue weighted by atomic mass is 15.3. The summed E-state index contributed by atoms with van der Waals surface area (Å²) in [5.74, 6) is 0.936. The largest absolute Gasteiger partial charge is 0.349 e. The van der Waals surface area contributed by atoms with E-state index in [9.17, 15) is 0 Å². The molecule has 19 heavy (non-hydrogen) atoms. The van der Waals surface area contributed by atoms with E-state index < -0.39 is 0 Å². The van der Waals surface area contributed by atoms with Gasteiger partial charge in [0.15, 0.2) is 0 Å². The van der Waals surface area contributed by atoms with Crippen molar-refractivity contribution < 1.29 is 0 Å². The van der Waals surface area contributed by atoms with Crippen LogP contribution in [0.2, 0.25) is 0 Å². The summed E-state index contributed by atoms with van der Waals surface area (Å²) in [4.78, 5) is 6.68. The van der Waals surface area contributed by atoms with Gasteiger partial charge in [0.2, 0.25) is 0 Å². The average Bonchev–Trinajstić information content (AvgIpc) is 3.07. The van der Waals surface area contributed by atoms with Gasteiger partial charge in [-0.1, -0.05) is 0 Å². The second-order valence-corrected chi connectivity index (χ2v) is 4.82. The van der Waals surface area contributed by atoms with Crippen LogP contribution in [0.4, 0.5) is 5.82 Å². The Morgan fingerprint density at radius 1 is 1.37 bits per heavy atom. The fourth-order valence-electron chi connectivity index (χ4n) is 2.62. The first kappa shape index (κ1) is 11.7. The molecule has 0 radical (unpaired) electrons. The molecule has 5 heteroatoms. The number of pyridine rings is 1. The Kier molecular flexibility index (Phi) is 2.92. The fourth-order valence-corrected chi connectivity index (χ4v) is 2.62. The number of anilines is 1. The molecular weight excluding hydrogens is 238 g/mol. The van der Waals surface area contributed by atoms with E-state index in [1.807, 2.05) is 30.1 Å². The van der Waals surface area contributed by atoms with Gasteiger partial charge in [-0.25, -0.2) is 4.98 Å². The van der Waals surface area contributed by atoms with Crippen molar-refractivity contribution in [3.05, 3.63) is 41.9 Å². The Bertz CT molecular complexity index is 608. The Morgan fingerprint density at radius 2 is 2.26 bits per heavy atom. The lowest BCUT2D eigenvalue weighted by Gasteiger charge is -2.24. The standard InChI is InChI=1S/C14H15N5/c1-18-10-12(9-17-18)13-3-2-6-19(13)14-5-4-11(7-15)8-16-14/h4-5,8-10,13H,2-3,6H2,1H3. The summed E-state index contributed by atoms with van der Waals surface area (Å²) < 4.78 is 1.83. The van der Waals surface area contributed by atoms with Gasteiger partial charge in [0.25, 0.3) is 0 Å². The smallest absolute Gasteiger partial charge is 0.129 e. The van der Waals surface area contributed by atoms with Crippen molar-refractivity contribution in [3.63, 3.8) is 0 Å². The van der Waals surface area contributed by atoms with E-state index in [1.54, 1.807) is 6.20 Å². The Hall–Kier alpha value is -2.35. The van der Waals surface area contributed by atoms with Crippen molar-refractivity contribution in [1.29, 1.82) is 5.26 Å². The van der Waals surface area contributed by atoms with Gasteiger partial charge in [-0.2, -0.15) is 10.4 Å². The Labute approximate surface area is 112 Å². The lowest BCUT2D eigenvalue weighted by molar-refractivity contribution is 0.708. The molecule has 1 fully saturated rings. The molecule has 5 nitrogen and oxygen atoms in total. The summed E-state index contributed by atoms with van der Waals surface area (Å²) in [6, 6.07) is 6.18. The zero-order valence-electron chi connectivity index (χ0n) is 10.8. The van der Waals surface area contributed by atoms with Gasteiger partial charge in [-0.05, 0) is 25.0 Å². The second-order valence-electron chi connectivity index (χ2n) is 4.82. The maximum Gasteiger partial charge on any atom is 0.129 e. The van der Waals surface area contributed by atoms with Gasteiger partial charge in [0.1, 0.15) is 11.9 Å². The highest BCUT2D eigenvalue weighted by Crippen LogP contribution is 2.34. The lowest BCUT2D eigenvalue weighted by Crippen LogP contribution is -2.23. The summed E-state index contributed by atoms with van der Waals surface area (Å²) in [6.07, 6.45) is 7.89. The average molecular weight is 253 g/mol. The van der Waals surface area contributed by atoms with Crippen LogP contribution in [-0.2, 0) is 7.05 Å². The number of hydrogen-bond acceptors (Lipinski definition) is 4. The van der Waals surface area contributed by atoms with Crippen LogP contribution in [0.25, 0.3) is 0 Å². The summed E-state index contributed by atoms with van der Waals surface area (Å²) in [5, 5.41) is 13.1. The molecule has 0 aromatic carbocycles. The summed E-state index contributed by atoms with van der Waals surface area (Å²) >= 11 is 0. The van der Waals surface area contributed by atoms with Crippen molar-refractivity contribution in [3.8, 4) is 6.07 Å². The molecule has 1 saturated heterocycles. The van der Waals surface area contributed by atoms with Crippen molar-refractivity contribution in [2.24, 2.45) is 7.05 Å². The van der Waals surface area contributed by atoms with Gasteiger partial charge in [0.05, 0.1) is 17.8 Å². The van der Waals surface area contributed by atoms with E-state index in [-0.39, 0.29) is 0 Å². The Balaban J connectivity index is 1.88. The van der Waals surface area contributed by atoms with Crippen LogP contribution >= 0.6 is 0 Å².